The van der Waals surface area contributed by atoms with Gasteiger partial charge in [-0.15, -0.1) is 0 Å². The minimum Gasteiger partial charge on any atom is -0.335 e. The lowest BCUT2D eigenvalue weighted by atomic mass is 9.95. The Balaban J connectivity index is 1.48. The second-order valence-corrected chi connectivity index (χ2v) is 10.3. The fourth-order valence-electron chi connectivity index (χ4n) is 4.89. The van der Waals surface area contributed by atoms with Gasteiger partial charge in [0.05, 0.1) is 9.82 Å². The molecule has 1 amide bonds. The number of amides is 1. The van der Waals surface area contributed by atoms with Crippen LogP contribution < -0.4 is 4.72 Å². The standard InChI is InChI=1S/C23H27N3O5S/c1-16-8-13-20(15-22(16)26(28)29)32(30,31)24-19-11-9-18(10-12-19)23(27)25-14-4-7-21(25)17-5-2-3-6-17/h8-13,15,17,21,24H,2-7,14H2,1H3. The zero-order valence-corrected chi connectivity index (χ0v) is 18.8. The van der Waals surface area contributed by atoms with Crippen molar-refractivity contribution in [3.8, 4) is 0 Å². The molecule has 0 radical (unpaired) electrons. The highest BCUT2D eigenvalue weighted by Crippen LogP contribution is 2.36. The number of carbonyl (C=O) groups excluding carboxylic acids is 1. The molecule has 0 aromatic heterocycles. The van der Waals surface area contributed by atoms with Crippen LogP contribution in [0.5, 0.6) is 0 Å². The molecule has 1 saturated heterocycles. The van der Waals surface area contributed by atoms with E-state index in [0.29, 0.717) is 28.8 Å². The van der Waals surface area contributed by atoms with Gasteiger partial charge < -0.3 is 4.90 Å². The number of nitrogens with one attached hydrogen (secondary N) is 1. The van der Waals surface area contributed by atoms with Crippen LogP contribution in [0.15, 0.2) is 47.4 Å². The molecule has 4 rings (SSSR count). The highest BCUT2D eigenvalue weighted by atomic mass is 32.2. The second-order valence-electron chi connectivity index (χ2n) is 8.64. The molecule has 2 aromatic carbocycles. The average Bonchev–Trinajstić information content (AvgIpc) is 3.45. The summed E-state index contributed by atoms with van der Waals surface area (Å²) in [6, 6.07) is 10.4. The third kappa shape index (κ3) is 4.48. The van der Waals surface area contributed by atoms with Gasteiger partial charge in [0.2, 0.25) is 0 Å². The van der Waals surface area contributed by atoms with Crippen molar-refractivity contribution in [2.45, 2.75) is 56.4 Å². The summed E-state index contributed by atoms with van der Waals surface area (Å²) in [4.78, 5) is 25.4. The monoisotopic (exact) mass is 457 g/mol. The SMILES string of the molecule is Cc1ccc(S(=O)(=O)Nc2ccc(C(=O)N3CCCC3C3CCCC3)cc2)cc1[N+](=O)[O-]. The van der Waals surface area contributed by atoms with Crippen molar-refractivity contribution >= 4 is 27.3 Å². The molecule has 0 spiro atoms. The molecule has 8 nitrogen and oxygen atoms in total. The summed E-state index contributed by atoms with van der Waals surface area (Å²) < 4.78 is 27.8. The summed E-state index contributed by atoms with van der Waals surface area (Å²) in [5.41, 5.74) is 0.952. The van der Waals surface area contributed by atoms with Crippen molar-refractivity contribution in [1.82, 2.24) is 4.90 Å². The molecule has 9 heteroatoms. The van der Waals surface area contributed by atoms with Crippen LogP contribution in [-0.4, -0.2) is 36.7 Å². The molecule has 1 N–H and O–H groups in total. The fourth-order valence-corrected chi connectivity index (χ4v) is 5.97. The lowest BCUT2D eigenvalue weighted by molar-refractivity contribution is -0.385. The van der Waals surface area contributed by atoms with E-state index in [9.17, 15) is 23.3 Å². The quantitative estimate of drug-likeness (QED) is 0.507. The van der Waals surface area contributed by atoms with Gasteiger partial charge >= 0.3 is 0 Å². The first kappa shape index (κ1) is 22.3. The molecule has 1 unspecified atom stereocenters. The van der Waals surface area contributed by atoms with Crippen molar-refractivity contribution in [1.29, 1.82) is 0 Å². The lowest BCUT2D eigenvalue weighted by Gasteiger charge is -2.29. The van der Waals surface area contributed by atoms with Gasteiger partial charge in [0.25, 0.3) is 21.6 Å². The van der Waals surface area contributed by atoms with Gasteiger partial charge in [0.15, 0.2) is 0 Å². The molecule has 2 aliphatic rings. The third-order valence-electron chi connectivity index (χ3n) is 6.58. The van der Waals surface area contributed by atoms with Gasteiger partial charge in [0, 0.05) is 35.5 Å². The first-order valence-corrected chi connectivity index (χ1v) is 12.4. The van der Waals surface area contributed by atoms with Crippen LogP contribution in [0.2, 0.25) is 0 Å². The Morgan fingerprint density at radius 1 is 1.06 bits per heavy atom. The average molecular weight is 458 g/mol. The Morgan fingerprint density at radius 3 is 2.41 bits per heavy atom. The number of rotatable bonds is 6. The maximum atomic E-state index is 13.1. The minimum absolute atomic E-state index is 0.0111. The number of carbonyl (C=O) groups is 1. The molecule has 1 aliphatic carbocycles. The van der Waals surface area contributed by atoms with E-state index in [4.69, 9.17) is 0 Å². The van der Waals surface area contributed by atoms with Crippen LogP contribution in [-0.2, 0) is 10.0 Å². The predicted molar refractivity (Wildman–Crippen MR) is 121 cm³/mol. The summed E-state index contributed by atoms with van der Waals surface area (Å²) in [5, 5.41) is 11.1. The van der Waals surface area contributed by atoms with Gasteiger partial charge in [-0.3, -0.25) is 19.6 Å². The third-order valence-corrected chi connectivity index (χ3v) is 7.95. The Hall–Kier alpha value is -2.94. The predicted octanol–water partition coefficient (Wildman–Crippen LogP) is 4.50. The number of hydrogen-bond acceptors (Lipinski definition) is 5. The van der Waals surface area contributed by atoms with Crippen LogP contribution in [0.25, 0.3) is 0 Å². The van der Waals surface area contributed by atoms with E-state index in [1.165, 1.54) is 37.8 Å². The summed E-state index contributed by atoms with van der Waals surface area (Å²) >= 11 is 0. The highest BCUT2D eigenvalue weighted by molar-refractivity contribution is 7.92. The second kappa shape index (κ2) is 8.90. The highest BCUT2D eigenvalue weighted by Gasteiger charge is 2.36. The Kier molecular flexibility index (Phi) is 6.19. The molecular weight excluding hydrogens is 430 g/mol. The fraction of sp³-hybridized carbons (Fsp3) is 0.435. The van der Waals surface area contributed by atoms with Gasteiger partial charge in [-0.2, -0.15) is 0 Å². The van der Waals surface area contributed by atoms with Gasteiger partial charge in [-0.25, -0.2) is 8.42 Å². The smallest absolute Gasteiger partial charge is 0.273 e. The number of nitrogens with zero attached hydrogens (tertiary/aromatic N) is 2. The number of nitro benzene ring substituents is 1. The van der Waals surface area contributed by atoms with Gasteiger partial charge in [0.1, 0.15) is 0 Å². The molecule has 1 heterocycles. The Morgan fingerprint density at radius 2 is 1.75 bits per heavy atom. The number of benzene rings is 2. The topological polar surface area (TPSA) is 110 Å². The van der Waals surface area contributed by atoms with Crippen molar-refractivity contribution in [3.05, 3.63) is 63.7 Å². The lowest BCUT2D eigenvalue weighted by Crippen LogP contribution is -2.39. The van der Waals surface area contributed by atoms with Crippen molar-refractivity contribution < 1.29 is 18.1 Å². The maximum Gasteiger partial charge on any atom is 0.273 e. The van der Waals surface area contributed by atoms with Gasteiger partial charge in [-0.05, 0) is 68.9 Å². The molecular formula is C23H27N3O5S. The summed E-state index contributed by atoms with van der Waals surface area (Å²) in [5.74, 6) is 0.578. The largest absolute Gasteiger partial charge is 0.335 e. The normalized spacial score (nSPS) is 19.3. The summed E-state index contributed by atoms with van der Waals surface area (Å²) in [7, 11) is -4.00. The molecule has 0 bridgehead atoms. The number of sulfonamides is 1. The zero-order chi connectivity index (χ0) is 22.9. The number of aryl methyl sites for hydroxylation is 1. The molecule has 32 heavy (non-hydrogen) atoms. The van der Waals surface area contributed by atoms with E-state index in [-0.39, 0.29) is 16.5 Å². The Labute approximate surface area is 187 Å². The molecule has 1 aliphatic heterocycles. The van der Waals surface area contributed by atoms with E-state index in [1.54, 1.807) is 31.2 Å². The number of nitro groups is 1. The van der Waals surface area contributed by atoms with E-state index in [1.807, 2.05) is 4.90 Å². The van der Waals surface area contributed by atoms with E-state index >= 15 is 0 Å². The molecule has 2 fully saturated rings. The zero-order valence-electron chi connectivity index (χ0n) is 18.0. The van der Waals surface area contributed by atoms with Crippen LogP contribution in [0.3, 0.4) is 0 Å². The van der Waals surface area contributed by atoms with Crippen LogP contribution in [0.1, 0.15) is 54.4 Å². The van der Waals surface area contributed by atoms with Crippen LogP contribution in [0.4, 0.5) is 11.4 Å². The first-order valence-electron chi connectivity index (χ1n) is 10.9. The summed E-state index contributed by atoms with van der Waals surface area (Å²) in [6.07, 6.45) is 6.92. The number of hydrogen-bond donors (Lipinski definition) is 1. The minimum atomic E-state index is -4.00. The van der Waals surface area contributed by atoms with Crippen LogP contribution >= 0.6 is 0 Å². The molecule has 1 saturated carbocycles. The number of anilines is 1. The van der Waals surface area contributed by atoms with Crippen molar-refractivity contribution in [3.63, 3.8) is 0 Å². The van der Waals surface area contributed by atoms with E-state index in [2.05, 4.69) is 4.72 Å². The van der Waals surface area contributed by atoms with Gasteiger partial charge in [-0.1, -0.05) is 18.9 Å². The van der Waals surface area contributed by atoms with Crippen molar-refractivity contribution in [2.24, 2.45) is 5.92 Å². The molecule has 2 aromatic rings. The maximum absolute atomic E-state index is 13.1. The first-order chi connectivity index (χ1) is 15.3. The number of likely N-dealkylation sites (tertiary alicyclic amines) is 1. The van der Waals surface area contributed by atoms with Crippen molar-refractivity contribution in [2.75, 3.05) is 11.3 Å². The Bertz CT molecular complexity index is 1120. The van der Waals surface area contributed by atoms with E-state index < -0.39 is 14.9 Å². The molecule has 1 atom stereocenters. The summed E-state index contributed by atoms with van der Waals surface area (Å²) in [6.45, 7) is 2.32. The van der Waals surface area contributed by atoms with E-state index in [0.717, 1.165) is 25.5 Å². The van der Waals surface area contributed by atoms with Crippen LogP contribution in [0, 0.1) is 23.0 Å². The molecule has 170 valence electrons.